The maximum atomic E-state index is 2.58. The van der Waals surface area contributed by atoms with Crippen LogP contribution in [0.2, 0.25) is 3.63 Å². The third kappa shape index (κ3) is 5.46. The van der Waals surface area contributed by atoms with Crippen molar-refractivity contribution < 1.29 is 21.3 Å². The van der Waals surface area contributed by atoms with Gasteiger partial charge in [0.05, 0.1) is 0 Å². The van der Waals surface area contributed by atoms with Crippen molar-refractivity contribution in [3.63, 3.8) is 0 Å². The number of allylic oxidation sites excluding steroid dienone is 4. The van der Waals surface area contributed by atoms with Crippen molar-refractivity contribution in [3.8, 4) is 11.1 Å². The molecule has 212 valence electrons. The van der Waals surface area contributed by atoms with Gasteiger partial charge in [-0.15, -0.1) is 0 Å². The quantitative estimate of drug-likeness (QED) is 0.211. The zero-order valence-electron chi connectivity index (χ0n) is 26.5. The van der Waals surface area contributed by atoms with E-state index in [0.717, 1.165) is 0 Å². The minimum atomic E-state index is -2.67. The summed E-state index contributed by atoms with van der Waals surface area (Å²) in [6.07, 6.45) is 9.61. The zero-order valence-corrected chi connectivity index (χ0v) is 29.0. The summed E-state index contributed by atoms with van der Waals surface area (Å²) in [4.78, 5) is 0. The average Bonchev–Trinajstić information content (AvgIpc) is 3.58. The molecule has 0 heterocycles. The molecule has 2 aliphatic carbocycles. The Morgan fingerprint density at radius 1 is 0.548 bits per heavy atom. The summed E-state index contributed by atoms with van der Waals surface area (Å²) >= 11 is -2.67. The molecular weight excluding hydrogens is 584 g/mol. The van der Waals surface area contributed by atoms with E-state index in [1.165, 1.54) is 44.5 Å². The molecule has 0 nitrogen and oxygen atoms in total. The van der Waals surface area contributed by atoms with Gasteiger partial charge < -0.3 is 0 Å². The van der Waals surface area contributed by atoms with E-state index in [1.54, 1.807) is 14.3 Å². The van der Waals surface area contributed by atoms with Crippen LogP contribution >= 0.6 is 0 Å². The van der Waals surface area contributed by atoms with Gasteiger partial charge >= 0.3 is 263 Å². The molecule has 2 aliphatic rings. The third-order valence-electron chi connectivity index (χ3n) is 9.13. The van der Waals surface area contributed by atoms with Crippen molar-refractivity contribution in [3.05, 3.63) is 154 Å². The first-order valence-corrected chi connectivity index (χ1v) is 19.5. The van der Waals surface area contributed by atoms with Crippen LogP contribution in [0.3, 0.4) is 0 Å². The molecule has 0 atom stereocenters. The molecule has 0 fully saturated rings. The molecule has 0 saturated heterocycles. The first-order valence-electron chi connectivity index (χ1n) is 15.4. The molecule has 4 aromatic carbocycles. The number of aryl methyl sites for hydroxylation is 2. The topological polar surface area (TPSA) is 0 Å². The molecule has 4 aromatic rings. The number of fused-ring (bicyclic) bond motifs is 3. The van der Waals surface area contributed by atoms with E-state index in [0.29, 0.717) is 7.25 Å². The van der Waals surface area contributed by atoms with Crippen LogP contribution in [0.5, 0.6) is 0 Å². The predicted molar refractivity (Wildman–Crippen MR) is 179 cm³/mol. The van der Waals surface area contributed by atoms with E-state index >= 15 is 0 Å². The predicted octanol–water partition coefficient (Wildman–Crippen LogP) is 10.8. The maximum absolute atomic E-state index is 2.67. The van der Waals surface area contributed by atoms with Gasteiger partial charge in [-0.1, -0.05) is 0 Å². The van der Waals surface area contributed by atoms with Crippen molar-refractivity contribution in [1.82, 2.24) is 0 Å². The van der Waals surface area contributed by atoms with Gasteiger partial charge in [0.15, 0.2) is 0 Å². The van der Waals surface area contributed by atoms with Crippen molar-refractivity contribution >= 4 is 3.21 Å². The van der Waals surface area contributed by atoms with Crippen LogP contribution < -0.4 is 0 Å². The molecule has 0 amide bonds. The fourth-order valence-electron chi connectivity index (χ4n) is 6.61. The van der Waals surface area contributed by atoms with E-state index in [-0.39, 0.29) is 10.8 Å². The normalized spacial score (nSPS) is 14.8. The van der Waals surface area contributed by atoms with Crippen molar-refractivity contribution in [1.29, 1.82) is 0 Å². The molecule has 42 heavy (non-hydrogen) atoms. The van der Waals surface area contributed by atoms with Crippen LogP contribution in [0.1, 0.15) is 89.7 Å². The van der Waals surface area contributed by atoms with E-state index in [1.807, 2.05) is 0 Å². The van der Waals surface area contributed by atoms with Gasteiger partial charge in [0.25, 0.3) is 0 Å². The van der Waals surface area contributed by atoms with Gasteiger partial charge in [0.2, 0.25) is 0 Å². The number of rotatable bonds is 4. The van der Waals surface area contributed by atoms with Gasteiger partial charge in [0, 0.05) is 0 Å². The van der Waals surface area contributed by atoms with Gasteiger partial charge in [0.1, 0.15) is 0 Å². The Kier molecular flexibility index (Phi) is 7.64. The Hall–Kier alpha value is -2.89. The molecule has 0 unspecified atom stereocenters. The van der Waals surface area contributed by atoms with Crippen LogP contribution in [0, 0.1) is 13.8 Å². The molecule has 0 bridgehead atoms. The summed E-state index contributed by atoms with van der Waals surface area (Å²) in [6.45, 7) is 18.5. The summed E-state index contributed by atoms with van der Waals surface area (Å²) in [7, 11) is 0. The van der Waals surface area contributed by atoms with Crippen LogP contribution in [0.4, 0.5) is 0 Å². The molecule has 0 radical (unpaired) electrons. The van der Waals surface area contributed by atoms with E-state index < -0.39 is 21.3 Å². The molecule has 0 spiro atoms. The Balaban J connectivity index is 1.74. The van der Waals surface area contributed by atoms with E-state index in [4.69, 9.17) is 0 Å². The van der Waals surface area contributed by atoms with Gasteiger partial charge in [-0.3, -0.25) is 0 Å². The summed E-state index contributed by atoms with van der Waals surface area (Å²) in [5.74, 6) is 0. The molecule has 0 saturated carbocycles. The van der Waals surface area contributed by atoms with Gasteiger partial charge in [-0.2, -0.15) is 0 Å². The van der Waals surface area contributed by atoms with Crippen molar-refractivity contribution in [2.24, 2.45) is 0 Å². The molecule has 0 aliphatic heterocycles. The fraction of sp³-hybridized carbons (Fsp3) is 0.293. The first-order chi connectivity index (χ1) is 19.9. The summed E-state index contributed by atoms with van der Waals surface area (Å²) < 4.78 is 2.55. The summed E-state index contributed by atoms with van der Waals surface area (Å²) in [5, 5.41) is 0. The molecule has 6 rings (SSSR count). The Labute approximate surface area is 261 Å². The van der Waals surface area contributed by atoms with Gasteiger partial charge in [-0.25, -0.2) is 0 Å². The Bertz CT molecular complexity index is 1610. The first kappa shape index (κ1) is 29.2. The Morgan fingerprint density at radius 3 is 1.33 bits per heavy atom. The average molecular weight is 628 g/mol. The number of hydrogen-bond donors (Lipinski definition) is 0. The second-order valence-electron chi connectivity index (χ2n) is 14.4. The van der Waals surface area contributed by atoms with Crippen molar-refractivity contribution in [2.75, 3.05) is 0 Å². The van der Waals surface area contributed by atoms with Crippen LogP contribution in [-0.4, -0.2) is 3.21 Å². The Morgan fingerprint density at radius 2 is 0.952 bits per heavy atom. The fourth-order valence-corrected chi connectivity index (χ4v) is 15.9. The molecular formula is C41H44Zr. The number of benzene rings is 4. The van der Waals surface area contributed by atoms with Crippen LogP contribution in [0.15, 0.2) is 109 Å². The molecule has 0 aromatic heterocycles. The second-order valence-corrected chi connectivity index (χ2v) is 20.9. The SMILES string of the molecule is Cc1ccc([C](c2ccc(C)cc2)=[Zr]([CH]2C=CC=C2)[CH]2c3cc(C(C)(C)C)ccc3-c3ccc(C(C)(C)C)cc32)cc1. The number of hydrogen-bond acceptors (Lipinski definition) is 0. The van der Waals surface area contributed by atoms with E-state index in [9.17, 15) is 0 Å². The van der Waals surface area contributed by atoms with Crippen molar-refractivity contribution in [2.45, 2.75) is 73.5 Å². The zero-order chi connectivity index (χ0) is 29.8. The summed E-state index contributed by atoms with van der Waals surface area (Å²) in [6, 6.07) is 33.6. The monoisotopic (exact) mass is 626 g/mol. The molecule has 1 heteroatoms. The minimum absolute atomic E-state index is 0.0993. The third-order valence-corrected chi connectivity index (χ3v) is 17.7. The van der Waals surface area contributed by atoms with E-state index in [2.05, 4.69) is 165 Å². The second kappa shape index (κ2) is 11.0. The molecule has 0 N–H and O–H groups in total. The van der Waals surface area contributed by atoms with Crippen LogP contribution in [0.25, 0.3) is 11.1 Å². The van der Waals surface area contributed by atoms with Crippen LogP contribution in [-0.2, 0) is 32.1 Å². The van der Waals surface area contributed by atoms with Gasteiger partial charge in [-0.05, 0) is 0 Å². The standard InChI is InChI=1S/C21H25.C15H14.C5H5.Zr/c1-20(2,3)16-7-9-18-14(12-16)11-15-13-17(21(4,5)6)8-10-19(15)18;1-12-3-7-14(8-4-12)11-15-9-5-13(2)6-10-15;1-2-4-5-3-1;/h7-13H,1-6H3;3-10H,1-2H3;1-5H;. The summed E-state index contributed by atoms with van der Waals surface area (Å²) in [5.41, 5.74) is 14.5.